The fourth-order valence-corrected chi connectivity index (χ4v) is 3.22. The summed E-state index contributed by atoms with van der Waals surface area (Å²) in [6, 6.07) is 25.4. The molecule has 154 valence electrons. The number of nitrogens with one attached hydrogen (secondary N) is 2. The molecule has 5 nitrogen and oxygen atoms in total. The Morgan fingerprint density at radius 1 is 0.742 bits per heavy atom. The molecule has 4 aromatic carbocycles. The smallest absolute Gasteiger partial charge is 0.262 e. The van der Waals surface area contributed by atoms with E-state index in [9.17, 15) is 14.0 Å². The second-order valence-electron chi connectivity index (χ2n) is 6.82. The highest BCUT2D eigenvalue weighted by molar-refractivity contribution is 6.14. The lowest BCUT2D eigenvalue weighted by molar-refractivity contribution is -0.118. The van der Waals surface area contributed by atoms with Gasteiger partial charge in [-0.3, -0.25) is 9.59 Å². The van der Waals surface area contributed by atoms with Gasteiger partial charge in [-0.05, 0) is 47.9 Å². The number of para-hydroxylation sites is 1. The summed E-state index contributed by atoms with van der Waals surface area (Å²) in [5.41, 5.74) is 1.47. The number of anilines is 2. The molecule has 2 N–H and O–H groups in total. The summed E-state index contributed by atoms with van der Waals surface area (Å²) >= 11 is 0. The van der Waals surface area contributed by atoms with Crippen molar-refractivity contribution in [1.82, 2.24) is 0 Å². The van der Waals surface area contributed by atoms with Crippen molar-refractivity contribution in [2.45, 2.75) is 0 Å². The zero-order chi connectivity index (χ0) is 21.6. The number of benzene rings is 4. The van der Waals surface area contributed by atoms with Crippen molar-refractivity contribution in [3.05, 3.63) is 102 Å². The minimum atomic E-state index is -0.430. The lowest BCUT2D eigenvalue weighted by Crippen LogP contribution is -2.20. The van der Waals surface area contributed by atoms with Crippen molar-refractivity contribution in [3.8, 4) is 5.75 Å². The van der Waals surface area contributed by atoms with Crippen molar-refractivity contribution < 1.29 is 18.7 Å². The molecule has 0 aromatic heterocycles. The van der Waals surface area contributed by atoms with Gasteiger partial charge in [0.05, 0.1) is 0 Å². The first kappa shape index (κ1) is 20.1. The molecule has 0 aliphatic heterocycles. The highest BCUT2D eigenvalue weighted by Gasteiger charge is 2.14. The average Bonchev–Trinajstić information content (AvgIpc) is 2.78. The molecule has 0 aliphatic carbocycles. The predicted molar refractivity (Wildman–Crippen MR) is 119 cm³/mol. The van der Waals surface area contributed by atoms with Crippen LogP contribution in [0.15, 0.2) is 91.0 Å². The normalized spacial score (nSPS) is 10.5. The van der Waals surface area contributed by atoms with E-state index in [1.54, 1.807) is 36.4 Å². The number of carbonyl (C=O) groups excluding carboxylic acids is 2. The number of hydrogen-bond acceptors (Lipinski definition) is 3. The van der Waals surface area contributed by atoms with Crippen LogP contribution in [0.25, 0.3) is 10.8 Å². The van der Waals surface area contributed by atoms with Gasteiger partial charge in [-0.2, -0.15) is 0 Å². The Morgan fingerprint density at radius 3 is 2.23 bits per heavy atom. The quantitative estimate of drug-likeness (QED) is 0.453. The summed E-state index contributed by atoms with van der Waals surface area (Å²) in [4.78, 5) is 25.0. The fourth-order valence-electron chi connectivity index (χ4n) is 3.22. The standard InChI is InChI=1S/C25H19FN2O3/c26-17-7-6-10-19(15-17)28-25(30)22-13-14-23(21-12-5-4-11-20(21)22)31-16-24(29)27-18-8-2-1-3-9-18/h1-15H,16H2,(H,27,29)(H,28,30). The van der Waals surface area contributed by atoms with Crippen LogP contribution >= 0.6 is 0 Å². The number of hydrogen-bond donors (Lipinski definition) is 2. The van der Waals surface area contributed by atoms with E-state index in [2.05, 4.69) is 10.6 Å². The van der Waals surface area contributed by atoms with E-state index < -0.39 is 5.82 Å². The van der Waals surface area contributed by atoms with Crippen molar-refractivity contribution in [1.29, 1.82) is 0 Å². The lowest BCUT2D eigenvalue weighted by atomic mass is 10.0. The van der Waals surface area contributed by atoms with E-state index in [0.29, 0.717) is 33.5 Å². The van der Waals surface area contributed by atoms with E-state index in [-0.39, 0.29) is 18.4 Å². The molecule has 0 saturated carbocycles. The molecule has 0 spiro atoms. The Morgan fingerprint density at radius 2 is 1.45 bits per heavy atom. The molecule has 0 fully saturated rings. The summed E-state index contributed by atoms with van der Waals surface area (Å²) in [6.45, 7) is -0.173. The van der Waals surface area contributed by atoms with E-state index in [1.807, 2.05) is 36.4 Å². The number of ether oxygens (including phenoxy) is 1. The molecule has 0 saturated heterocycles. The molecule has 0 atom stereocenters. The molecule has 0 bridgehead atoms. The number of amides is 2. The van der Waals surface area contributed by atoms with Gasteiger partial charge in [0, 0.05) is 22.3 Å². The molecule has 0 aliphatic rings. The summed E-state index contributed by atoms with van der Waals surface area (Å²) in [5.74, 6) is -0.598. The molecular formula is C25H19FN2O3. The van der Waals surface area contributed by atoms with Crippen molar-refractivity contribution in [2.75, 3.05) is 17.2 Å². The second-order valence-corrected chi connectivity index (χ2v) is 6.82. The third-order valence-corrected chi connectivity index (χ3v) is 4.63. The van der Waals surface area contributed by atoms with Crippen LogP contribution in [0.2, 0.25) is 0 Å². The summed E-state index contributed by atoms with van der Waals surface area (Å²) in [5, 5.41) is 6.83. The zero-order valence-corrected chi connectivity index (χ0v) is 16.5. The fraction of sp³-hybridized carbons (Fsp3) is 0.0400. The van der Waals surface area contributed by atoms with Gasteiger partial charge in [0.25, 0.3) is 11.8 Å². The van der Waals surface area contributed by atoms with Crippen LogP contribution < -0.4 is 15.4 Å². The monoisotopic (exact) mass is 414 g/mol. The Balaban J connectivity index is 1.52. The van der Waals surface area contributed by atoms with Gasteiger partial charge in [-0.15, -0.1) is 0 Å². The van der Waals surface area contributed by atoms with Crippen molar-refractivity contribution in [2.24, 2.45) is 0 Å². The van der Waals surface area contributed by atoms with Gasteiger partial charge >= 0.3 is 0 Å². The number of carbonyl (C=O) groups is 2. The molecule has 4 aromatic rings. The lowest BCUT2D eigenvalue weighted by Gasteiger charge is -2.13. The van der Waals surface area contributed by atoms with Gasteiger partial charge in [0.15, 0.2) is 6.61 Å². The van der Waals surface area contributed by atoms with Crippen LogP contribution in [-0.2, 0) is 4.79 Å². The SMILES string of the molecule is O=C(COc1ccc(C(=O)Nc2cccc(F)c2)c2ccccc12)Nc1ccccc1. The van der Waals surface area contributed by atoms with Gasteiger partial charge in [0.2, 0.25) is 0 Å². The Labute approximate surface area is 178 Å². The Hall–Kier alpha value is -4.19. The van der Waals surface area contributed by atoms with Crippen LogP contribution in [0.3, 0.4) is 0 Å². The molecule has 2 amide bonds. The first-order valence-electron chi connectivity index (χ1n) is 9.66. The molecule has 6 heteroatoms. The van der Waals surface area contributed by atoms with Crippen LogP contribution in [-0.4, -0.2) is 18.4 Å². The Kier molecular flexibility index (Phi) is 5.89. The minimum Gasteiger partial charge on any atom is -0.483 e. The highest BCUT2D eigenvalue weighted by atomic mass is 19.1. The van der Waals surface area contributed by atoms with Crippen molar-refractivity contribution >= 4 is 34.0 Å². The summed E-state index contributed by atoms with van der Waals surface area (Å²) < 4.78 is 19.1. The molecular weight excluding hydrogens is 395 g/mol. The summed E-state index contributed by atoms with van der Waals surface area (Å²) in [7, 11) is 0. The average molecular weight is 414 g/mol. The molecule has 0 unspecified atom stereocenters. The van der Waals surface area contributed by atoms with Gasteiger partial charge in [-0.1, -0.05) is 48.5 Å². The molecule has 4 rings (SSSR count). The minimum absolute atomic E-state index is 0.173. The predicted octanol–water partition coefficient (Wildman–Crippen LogP) is 5.25. The number of fused-ring (bicyclic) bond motifs is 1. The van der Waals surface area contributed by atoms with Crippen LogP contribution in [0, 0.1) is 5.82 Å². The molecule has 31 heavy (non-hydrogen) atoms. The third-order valence-electron chi connectivity index (χ3n) is 4.63. The zero-order valence-electron chi connectivity index (χ0n) is 16.5. The largest absolute Gasteiger partial charge is 0.483 e. The van der Waals surface area contributed by atoms with Gasteiger partial charge in [-0.25, -0.2) is 4.39 Å². The second kappa shape index (κ2) is 9.09. The van der Waals surface area contributed by atoms with Crippen LogP contribution in [0.4, 0.5) is 15.8 Å². The van der Waals surface area contributed by atoms with Crippen LogP contribution in [0.1, 0.15) is 10.4 Å². The maximum Gasteiger partial charge on any atom is 0.262 e. The first-order valence-corrected chi connectivity index (χ1v) is 9.66. The van der Waals surface area contributed by atoms with E-state index in [4.69, 9.17) is 4.74 Å². The number of rotatable bonds is 6. The molecule has 0 heterocycles. The summed E-state index contributed by atoms with van der Waals surface area (Å²) in [6.07, 6.45) is 0. The first-order chi connectivity index (χ1) is 15.1. The number of halogens is 1. The van der Waals surface area contributed by atoms with Crippen LogP contribution in [0.5, 0.6) is 5.75 Å². The van der Waals surface area contributed by atoms with E-state index >= 15 is 0 Å². The third kappa shape index (κ3) is 4.87. The topological polar surface area (TPSA) is 67.4 Å². The van der Waals surface area contributed by atoms with E-state index in [1.165, 1.54) is 18.2 Å². The maximum absolute atomic E-state index is 13.4. The molecule has 0 radical (unpaired) electrons. The van der Waals surface area contributed by atoms with Gasteiger partial charge < -0.3 is 15.4 Å². The highest BCUT2D eigenvalue weighted by Crippen LogP contribution is 2.29. The van der Waals surface area contributed by atoms with E-state index in [0.717, 1.165) is 0 Å². The Bertz CT molecular complexity index is 1240. The maximum atomic E-state index is 13.4. The van der Waals surface area contributed by atoms with Gasteiger partial charge in [0.1, 0.15) is 11.6 Å². The van der Waals surface area contributed by atoms with Crippen molar-refractivity contribution in [3.63, 3.8) is 0 Å².